The number of carbonyl (C=O) groups excluding carboxylic acids is 2. The number of nitrogens with one attached hydrogen (secondary N) is 2. The molecule has 2 amide bonds. The van der Waals surface area contributed by atoms with E-state index in [2.05, 4.69) is 15.6 Å². The van der Waals surface area contributed by atoms with Crippen LogP contribution in [0.2, 0.25) is 0 Å². The van der Waals surface area contributed by atoms with Crippen molar-refractivity contribution >= 4 is 35.0 Å². The average Bonchev–Trinajstić information content (AvgIpc) is 2.56. The number of alkyl carbamates (subject to hydrolysis) is 1. The van der Waals surface area contributed by atoms with Gasteiger partial charge in [-0.25, -0.2) is 9.78 Å². The van der Waals surface area contributed by atoms with E-state index in [-0.39, 0.29) is 18.2 Å². The van der Waals surface area contributed by atoms with Crippen LogP contribution in [0.15, 0.2) is 42.5 Å². The van der Waals surface area contributed by atoms with Crippen molar-refractivity contribution in [3.05, 3.63) is 42.5 Å². The van der Waals surface area contributed by atoms with Gasteiger partial charge in [0.25, 0.3) is 0 Å². The van der Waals surface area contributed by atoms with E-state index < -0.39 is 17.6 Å². The Morgan fingerprint density at radius 3 is 2.15 bits per heavy atom. The summed E-state index contributed by atoms with van der Waals surface area (Å²) in [7, 11) is 0. The van der Waals surface area contributed by atoms with Crippen LogP contribution in [0.25, 0.3) is 0 Å². The molecule has 146 valence electrons. The maximum Gasteiger partial charge on any atom is 0.408 e. The second-order valence-electron chi connectivity index (χ2n) is 6.49. The van der Waals surface area contributed by atoms with E-state index in [0.717, 1.165) is 5.69 Å². The minimum Gasteiger partial charge on any atom is -0.444 e. The first-order valence-electron chi connectivity index (χ1n) is 8.16. The third-order valence-corrected chi connectivity index (χ3v) is 2.82. The van der Waals surface area contributed by atoms with Gasteiger partial charge in [-0.05, 0) is 45.0 Å². The minimum atomic E-state index is -0.669. The van der Waals surface area contributed by atoms with Crippen molar-refractivity contribution in [2.75, 3.05) is 29.1 Å². The van der Waals surface area contributed by atoms with E-state index in [1.807, 2.05) is 30.3 Å². The van der Waals surface area contributed by atoms with Crippen LogP contribution in [-0.4, -0.2) is 29.1 Å². The number of amides is 2. The summed E-state index contributed by atoms with van der Waals surface area (Å²) in [5, 5.41) is 4.80. The van der Waals surface area contributed by atoms with E-state index >= 15 is 0 Å². The largest absolute Gasteiger partial charge is 0.444 e. The summed E-state index contributed by atoms with van der Waals surface area (Å²) in [5.74, 6) is -0.0666. The standard InChI is InChI=1S/C12H19N5O3.C6H7N/c1-12(2,3)20-11(19)15-6-9(18)16-8-5-4-7(13)10(14)17-8;7-6-4-2-1-3-5-6/h4-5H,6,13H2,1-3H3,(H,15,19)(H3,14,16,17,18);1-5H,7H2. The van der Waals surface area contributed by atoms with Gasteiger partial charge in [0.2, 0.25) is 5.91 Å². The van der Waals surface area contributed by atoms with Crippen LogP contribution in [0.4, 0.5) is 27.8 Å². The summed E-state index contributed by atoms with van der Waals surface area (Å²) in [4.78, 5) is 26.8. The van der Waals surface area contributed by atoms with E-state index in [9.17, 15) is 9.59 Å². The van der Waals surface area contributed by atoms with E-state index in [0.29, 0.717) is 5.69 Å². The third-order valence-electron chi connectivity index (χ3n) is 2.82. The first-order valence-corrected chi connectivity index (χ1v) is 8.16. The van der Waals surface area contributed by atoms with Crippen molar-refractivity contribution in [2.24, 2.45) is 0 Å². The lowest BCUT2D eigenvalue weighted by Gasteiger charge is -2.19. The Morgan fingerprint density at radius 1 is 1.04 bits per heavy atom. The van der Waals surface area contributed by atoms with Crippen molar-refractivity contribution < 1.29 is 14.3 Å². The van der Waals surface area contributed by atoms with Crippen molar-refractivity contribution in [3.8, 4) is 0 Å². The number of nitrogens with zero attached hydrogens (tertiary/aromatic N) is 1. The SMILES string of the molecule is CC(C)(C)OC(=O)NCC(=O)Nc1ccc(N)c(N)n1.Nc1ccccc1. The summed E-state index contributed by atoms with van der Waals surface area (Å²) in [6, 6.07) is 12.5. The summed E-state index contributed by atoms with van der Waals surface area (Å²) < 4.78 is 4.99. The highest BCUT2D eigenvalue weighted by Crippen LogP contribution is 2.14. The number of carbonyl (C=O) groups is 2. The lowest BCUT2D eigenvalue weighted by Crippen LogP contribution is -2.37. The summed E-state index contributed by atoms with van der Waals surface area (Å²) in [5.41, 5.74) is 16.9. The van der Waals surface area contributed by atoms with Gasteiger partial charge in [0, 0.05) is 5.69 Å². The Morgan fingerprint density at radius 2 is 1.67 bits per heavy atom. The maximum atomic E-state index is 11.6. The highest BCUT2D eigenvalue weighted by molar-refractivity contribution is 5.93. The number of pyridine rings is 1. The highest BCUT2D eigenvalue weighted by atomic mass is 16.6. The molecule has 0 atom stereocenters. The second kappa shape index (κ2) is 9.85. The molecule has 9 heteroatoms. The molecule has 0 aliphatic carbocycles. The molecule has 1 heterocycles. The first kappa shape index (κ1) is 21.6. The van der Waals surface area contributed by atoms with E-state index in [1.165, 1.54) is 12.1 Å². The molecule has 2 aromatic rings. The fourth-order valence-electron chi connectivity index (χ4n) is 1.66. The topological polar surface area (TPSA) is 158 Å². The normalized spacial score (nSPS) is 10.2. The number of para-hydroxylation sites is 1. The fraction of sp³-hybridized carbons (Fsp3) is 0.278. The number of nitrogen functional groups attached to an aromatic ring is 3. The van der Waals surface area contributed by atoms with Gasteiger partial charge in [-0.2, -0.15) is 0 Å². The molecule has 0 fully saturated rings. The molecule has 9 nitrogen and oxygen atoms in total. The fourth-order valence-corrected chi connectivity index (χ4v) is 1.66. The number of aromatic nitrogens is 1. The van der Waals surface area contributed by atoms with Gasteiger partial charge < -0.3 is 32.6 Å². The molecule has 1 aromatic carbocycles. The Hall–Kier alpha value is -3.49. The molecule has 0 aliphatic rings. The Kier molecular flexibility index (Phi) is 7.87. The number of benzene rings is 1. The first-order chi connectivity index (χ1) is 12.6. The monoisotopic (exact) mass is 374 g/mol. The van der Waals surface area contributed by atoms with Gasteiger partial charge in [0.1, 0.15) is 23.8 Å². The number of rotatable bonds is 3. The molecular weight excluding hydrogens is 348 g/mol. The number of hydrogen-bond acceptors (Lipinski definition) is 7. The van der Waals surface area contributed by atoms with Crippen LogP contribution in [0.3, 0.4) is 0 Å². The predicted molar refractivity (Wildman–Crippen MR) is 107 cm³/mol. The molecule has 2 rings (SSSR count). The molecule has 1 aromatic heterocycles. The summed E-state index contributed by atoms with van der Waals surface area (Å²) in [6.45, 7) is 4.95. The summed E-state index contributed by atoms with van der Waals surface area (Å²) >= 11 is 0. The summed E-state index contributed by atoms with van der Waals surface area (Å²) in [6.07, 6.45) is -0.669. The van der Waals surface area contributed by atoms with Crippen LogP contribution in [0, 0.1) is 0 Å². The maximum absolute atomic E-state index is 11.6. The average molecular weight is 374 g/mol. The van der Waals surface area contributed by atoms with E-state index in [1.54, 1.807) is 20.8 Å². The highest BCUT2D eigenvalue weighted by Gasteiger charge is 2.16. The molecule has 8 N–H and O–H groups in total. The Bertz CT molecular complexity index is 759. The molecule has 0 saturated carbocycles. The molecule has 0 spiro atoms. The number of ether oxygens (including phenoxy) is 1. The van der Waals surface area contributed by atoms with Crippen molar-refractivity contribution in [1.29, 1.82) is 0 Å². The second-order valence-corrected chi connectivity index (χ2v) is 6.49. The zero-order valence-electron chi connectivity index (χ0n) is 15.7. The van der Waals surface area contributed by atoms with Crippen molar-refractivity contribution in [3.63, 3.8) is 0 Å². The minimum absolute atomic E-state index is 0.128. The van der Waals surface area contributed by atoms with Crippen LogP contribution in [-0.2, 0) is 9.53 Å². The van der Waals surface area contributed by atoms with Crippen LogP contribution < -0.4 is 27.8 Å². The third kappa shape index (κ3) is 9.54. The van der Waals surface area contributed by atoms with Crippen molar-refractivity contribution in [2.45, 2.75) is 26.4 Å². The van der Waals surface area contributed by atoms with Crippen LogP contribution in [0.1, 0.15) is 20.8 Å². The number of anilines is 4. The van der Waals surface area contributed by atoms with Crippen molar-refractivity contribution in [1.82, 2.24) is 10.3 Å². The smallest absolute Gasteiger partial charge is 0.408 e. The zero-order chi connectivity index (χ0) is 20.4. The zero-order valence-corrected chi connectivity index (χ0v) is 15.7. The molecule has 0 bridgehead atoms. The molecule has 27 heavy (non-hydrogen) atoms. The van der Waals surface area contributed by atoms with Crippen LogP contribution >= 0.6 is 0 Å². The van der Waals surface area contributed by atoms with Gasteiger partial charge in [-0.15, -0.1) is 0 Å². The number of nitrogens with two attached hydrogens (primary N) is 3. The van der Waals surface area contributed by atoms with Gasteiger partial charge in [-0.3, -0.25) is 4.79 Å². The van der Waals surface area contributed by atoms with E-state index in [4.69, 9.17) is 21.9 Å². The van der Waals surface area contributed by atoms with Gasteiger partial charge in [0.05, 0.1) is 5.69 Å². The quantitative estimate of drug-likeness (QED) is 0.514. The predicted octanol–water partition coefficient (Wildman–Crippen LogP) is 1.98. The lowest BCUT2D eigenvalue weighted by molar-refractivity contribution is -0.115. The van der Waals surface area contributed by atoms with Gasteiger partial charge >= 0.3 is 6.09 Å². The van der Waals surface area contributed by atoms with Gasteiger partial charge in [0.15, 0.2) is 0 Å². The lowest BCUT2D eigenvalue weighted by atomic mass is 10.2. The molecule has 0 saturated heterocycles. The molecular formula is C18H26N6O3. The number of hydrogen-bond donors (Lipinski definition) is 5. The van der Waals surface area contributed by atoms with Crippen LogP contribution in [0.5, 0.6) is 0 Å². The Labute approximate surface area is 158 Å². The molecule has 0 radical (unpaired) electrons. The van der Waals surface area contributed by atoms with Gasteiger partial charge in [-0.1, -0.05) is 18.2 Å². The molecule has 0 aliphatic heterocycles. The Balaban J connectivity index is 0.000000433. The molecule has 0 unspecified atom stereocenters.